The fourth-order valence-electron chi connectivity index (χ4n) is 2.81. The number of sulfone groups is 1. The van der Waals surface area contributed by atoms with E-state index in [0.29, 0.717) is 19.4 Å². The topological polar surface area (TPSA) is 80.4 Å². The first-order chi connectivity index (χ1) is 9.95. The Bertz CT molecular complexity index is 602. The third-order valence-corrected chi connectivity index (χ3v) is 5.80. The van der Waals surface area contributed by atoms with Gasteiger partial charge in [0.15, 0.2) is 9.84 Å². The third kappa shape index (κ3) is 4.40. The zero-order chi connectivity index (χ0) is 15.3. The van der Waals surface area contributed by atoms with Crippen LogP contribution in [0.15, 0.2) is 35.2 Å². The number of nitrogens with two attached hydrogens (primary N) is 1. The summed E-state index contributed by atoms with van der Waals surface area (Å²) >= 11 is 0. The highest BCUT2D eigenvalue weighted by molar-refractivity contribution is 7.91. The number of hydrogen-bond acceptors (Lipinski definition) is 4. The van der Waals surface area contributed by atoms with Crippen molar-refractivity contribution in [2.24, 2.45) is 5.73 Å². The second-order valence-electron chi connectivity index (χ2n) is 5.75. The fraction of sp³-hybridized carbons (Fsp3) is 0.500. The molecule has 0 unspecified atom stereocenters. The summed E-state index contributed by atoms with van der Waals surface area (Å²) in [6.07, 6.45) is 7.57. The van der Waals surface area contributed by atoms with E-state index < -0.39 is 15.4 Å². The van der Waals surface area contributed by atoms with Crippen LogP contribution < -0.4 is 5.73 Å². The predicted molar refractivity (Wildman–Crippen MR) is 84.6 cm³/mol. The van der Waals surface area contributed by atoms with Gasteiger partial charge in [-0.1, -0.05) is 43.5 Å². The minimum absolute atomic E-state index is 0.190. The van der Waals surface area contributed by atoms with Crippen LogP contribution in [0.2, 0.25) is 0 Å². The van der Waals surface area contributed by atoms with Gasteiger partial charge in [0.2, 0.25) is 0 Å². The highest BCUT2D eigenvalue weighted by Gasteiger charge is 2.35. The van der Waals surface area contributed by atoms with Crippen molar-refractivity contribution in [3.8, 4) is 0 Å². The Hall–Kier alpha value is -1.17. The van der Waals surface area contributed by atoms with Gasteiger partial charge in [-0.3, -0.25) is 0 Å². The number of hydrogen-bond donors (Lipinski definition) is 2. The van der Waals surface area contributed by atoms with E-state index in [2.05, 4.69) is 0 Å². The largest absolute Gasteiger partial charge is 0.389 e. The van der Waals surface area contributed by atoms with Crippen molar-refractivity contribution in [3.05, 3.63) is 35.9 Å². The Morgan fingerprint density at radius 1 is 1.24 bits per heavy atom. The summed E-state index contributed by atoms with van der Waals surface area (Å²) in [6, 6.07) is 6.77. The van der Waals surface area contributed by atoms with Gasteiger partial charge in [0.1, 0.15) is 0 Å². The van der Waals surface area contributed by atoms with Crippen LogP contribution in [0.1, 0.15) is 37.7 Å². The molecular formula is C16H23NO3S. The summed E-state index contributed by atoms with van der Waals surface area (Å²) in [5.41, 5.74) is 5.14. The van der Waals surface area contributed by atoms with Crippen LogP contribution in [0.4, 0.5) is 0 Å². The molecule has 2 rings (SSSR count). The third-order valence-electron chi connectivity index (χ3n) is 3.91. The Kier molecular flexibility index (Phi) is 5.19. The van der Waals surface area contributed by atoms with E-state index in [1.165, 1.54) is 0 Å². The maximum absolute atomic E-state index is 12.5. The van der Waals surface area contributed by atoms with Crippen molar-refractivity contribution < 1.29 is 13.5 Å². The molecule has 0 atom stereocenters. The lowest BCUT2D eigenvalue weighted by atomic mass is 9.86. The zero-order valence-electron chi connectivity index (χ0n) is 12.2. The fourth-order valence-corrected chi connectivity index (χ4v) is 4.57. The lowest BCUT2D eigenvalue weighted by Gasteiger charge is -2.31. The van der Waals surface area contributed by atoms with E-state index in [1.54, 1.807) is 30.4 Å². The highest BCUT2D eigenvalue weighted by Crippen LogP contribution is 2.31. The van der Waals surface area contributed by atoms with Crippen LogP contribution in [0.25, 0.3) is 6.08 Å². The van der Waals surface area contributed by atoms with Crippen molar-refractivity contribution in [2.45, 2.75) is 42.6 Å². The van der Waals surface area contributed by atoms with E-state index in [4.69, 9.17) is 5.73 Å². The van der Waals surface area contributed by atoms with Crippen LogP contribution in [-0.2, 0) is 9.84 Å². The van der Waals surface area contributed by atoms with Gasteiger partial charge in [0, 0.05) is 6.54 Å². The van der Waals surface area contributed by atoms with Gasteiger partial charge in [-0.15, -0.1) is 0 Å². The maximum Gasteiger partial charge on any atom is 0.181 e. The van der Waals surface area contributed by atoms with Crippen molar-refractivity contribution in [3.63, 3.8) is 0 Å². The highest BCUT2D eigenvalue weighted by atomic mass is 32.2. The standard InChI is InChI=1S/C16H23NO3S/c17-11-5-7-14-6-4-8-15(12-14)21(19,20)13-16(18)9-2-1-3-10-16/h4-8,12,18H,1-3,9-11,13,17H2/b7-5+. The van der Waals surface area contributed by atoms with Gasteiger partial charge in [0.05, 0.1) is 16.2 Å². The average molecular weight is 309 g/mol. The first-order valence-corrected chi connectivity index (χ1v) is 9.02. The Morgan fingerprint density at radius 3 is 2.62 bits per heavy atom. The SMILES string of the molecule is NC/C=C/c1cccc(S(=O)(=O)CC2(O)CCCCC2)c1. The summed E-state index contributed by atoms with van der Waals surface area (Å²) in [4.78, 5) is 0.265. The molecule has 5 heteroatoms. The average Bonchev–Trinajstić information content (AvgIpc) is 2.45. The lowest BCUT2D eigenvalue weighted by molar-refractivity contribution is 0.0257. The maximum atomic E-state index is 12.5. The molecule has 1 fully saturated rings. The normalized spacial score (nSPS) is 19.0. The molecule has 1 aliphatic rings. The second kappa shape index (κ2) is 6.73. The summed E-state index contributed by atoms with van der Waals surface area (Å²) < 4.78 is 25.0. The Balaban J connectivity index is 2.21. The zero-order valence-corrected chi connectivity index (χ0v) is 13.0. The molecule has 0 aliphatic heterocycles. The minimum Gasteiger partial charge on any atom is -0.389 e. The monoisotopic (exact) mass is 309 g/mol. The molecule has 0 amide bonds. The van der Waals surface area contributed by atoms with Gasteiger partial charge in [-0.25, -0.2) is 8.42 Å². The first kappa shape index (κ1) is 16.2. The summed E-state index contributed by atoms with van der Waals surface area (Å²) in [5.74, 6) is -0.190. The molecule has 1 aliphatic carbocycles. The molecule has 0 heterocycles. The van der Waals surface area contributed by atoms with Crippen molar-refractivity contribution >= 4 is 15.9 Å². The molecule has 0 spiro atoms. The minimum atomic E-state index is -3.48. The Morgan fingerprint density at radius 2 is 1.95 bits per heavy atom. The number of aliphatic hydroxyl groups is 1. The lowest BCUT2D eigenvalue weighted by Crippen LogP contribution is -2.39. The molecule has 21 heavy (non-hydrogen) atoms. The number of rotatable bonds is 5. The molecule has 1 aromatic carbocycles. The van der Waals surface area contributed by atoms with Gasteiger partial charge in [-0.2, -0.15) is 0 Å². The van der Waals surface area contributed by atoms with Crippen LogP contribution >= 0.6 is 0 Å². The molecule has 0 aromatic heterocycles. The van der Waals surface area contributed by atoms with E-state index in [9.17, 15) is 13.5 Å². The van der Waals surface area contributed by atoms with Crippen LogP contribution in [-0.4, -0.2) is 31.4 Å². The molecule has 0 bridgehead atoms. The number of benzene rings is 1. The predicted octanol–water partition coefficient (Wildman–Crippen LogP) is 2.13. The molecule has 4 nitrogen and oxygen atoms in total. The van der Waals surface area contributed by atoms with Crippen molar-refractivity contribution in [2.75, 3.05) is 12.3 Å². The molecule has 0 radical (unpaired) electrons. The van der Waals surface area contributed by atoms with Crippen LogP contribution in [0.5, 0.6) is 0 Å². The molecule has 0 saturated heterocycles. The van der Waals surface area contributed by atoms with E-state index in [1.807, 2.05) is 6.07 Å². The van der Waals surface area contributed by atoms with Gasteiger partial charge >= 0.3 is 0 Å². The molecular weight excluding hydrogens is 286 g/mol. The van der Waals surface area contributed by atoms with Gasteiger partial charge < -0.3 is 10.8 Å². The summed E-state index contributed by atoms with van der Waals surface area (Å²) in [5, 5.41) is 10.5. The summed E-state index contributed by atoms with van der Waals surface area (Å²) in [6.45, 7) is 0.413. The second-order valence-corrected chi connectivity index (χ2v) is 7.74. The first-order valence-electron chi connectivity index (χ1n) is 7.37. The van der Waals surface area contributed by atoms with Gasteiger partial charge in [-0.05, 0) is 30.5 Å². The molecule has 3 N–H and O–H groups in total. The molecule has 116 valence electrons. The van der Waals surface area contributed by atoms with Crippen LogP contribution in [0, 0.1) is 0 Å². The Labute approximate surface area is 126 Å². The van der Waals surface area contributed by atoms with Crippen molar-refractivity contribution in [1.29, 1.82) is 0 Å². The van der Waals surface area contributed by atoms with E-state index >= 15 is 0 Å². The van der Waals surface area contributed by atoms with Crippen molar-refractivity contribution in [1.82, 2.24) is 0 Å². The van der Waals surface area contributed by atoms with Crippen LogP contribution in [0.3, 0.4) is 0 Å². The quantitative estimate of drug-likeness (QED) is 0.873. The van der Waals surface area contributed by atoms with Gasteiger partial charge in [0.25, 0.3) is 0 Å². The molecule has 1 saturated carbocycles. The van der Waals surface area contributed by atoms with E-state index in [0.717, 1.165) is 24.8 Å². The smallest absolute Gasteiger partial charge is 0.181 e. The molecule has 1 aromatic rings. The summed E-state index contributed by atoms with van der Waals surface area (Å²) in [7, 11) is -3.48. The van der Waals surface area contributed by atoms with E-state index in [-0.39, 0.29) is 10.6 Å².